The highest BCUT2D eigenvalue weighted by molar-refractivity contribution is 5.80. The van der Waals surface area contributed by atoms with E-state index in [1.807, 2.05) is 31.3 Å². The molecule has 1 aliphatic carbocycles. The van der Waals surface area contributed by atoms with E-state index in [1.54, 1.807) is 0 Å². The Morgan fingerprint density at radius 3 is 2.80 bits per heavy atom. The van der Waals surface area contributed by atoms with Crippen LogP contribution in [0.1, 0.15) is 24.4 Å². The maximum Gasteiger partial charge on any atom is 0.223 e. The standard InChI is InChI=1S/C16H19N3O/c1-12-18-14(9-10-17-16(20)13-7-8-13)11-19(12)15-5-3-2-4-6-15/h2-6,11,13H,7-10H2,1H3,(H,17,20). The molecular formula is C16H19N3O. The van der Waals surface area contributed by atoms with Crippen molar-refractivity contribution in [2.75, 3.05) is 6.54 Å². The van der Waals surface area contributed by atoms with Crippen LogP contribution in [0.3, 0.4) is 0 Å². The molecule has 0 atom stereocenters. The van der Waals surface area contributed by atoms with Crippen molar-refractivity contribution in [3.05, 3.63) is 48.0 Å². The molecule has 1 N–H and O–H groups in total. The average Bonchev–Trinajstić information content (AvgIpc) is 3.24. The molecule has 0 unspecified atom stereocenters. The molecule has 2 aromatic rings. The fourth-order valence-electron chi connectivity index (χ4n) is 2.31. The van der Waals surface area contributed by atoms with E-state index in [2.05, 4.69) is 27.0 Å². The molecule has 1 aliphatic rings. The third kappa shape index (κ3) is 2.90. The van der Waals surface area contributed by atoms with Crippen LogP contribution >= 0.6 is 0 Å². The van der Waals surface area contributed by atoms with Gasteiger partial charge in [0.05, 0.1) is 5.69 Å². The number of amides is 1. The molecule has 0 spiro atoms. The van der Waals surface area contributed by atoms with Gasteiger partial charge < -0.3 is 9.88 Å². The smallest absolute Gasteiger partial charge is 0.223 e. The average molecular weight is 269 g/mol. The Morgan fingerprint density at radius 1 is 1.35 bits per heavy atom. The predicted octanol–water partition coefficient (Wildman–Crippen LogP) is 2.25. The van der Waals surface area contributed by atoms with Crippen molar-refractivity contribution in [1.82, 2.24) is 14.9 Å². The van der Waals surface area contributed by atoms with E-state index in [0.29, 0.717) is 6.54 Å². The van der Waals surface area contributed by atoms with Crippen LogP contribution in [0, 0.1) is 12.8 Å². The summed E-state index contributed by atoms with van der Waals surface area (Å²) in [5.74, 6) is 1.45. The van der Waals surface area contributed by atoms with Crippen molar-refractivity contribution < 1.29 is 4.79 Å². The van der Waals surface area contributed by atoms with Crippen LogP contribution in [0.2, 0.25) is 0 Å². The van der Waals surface area contributed by atoms with E-state index in [1.165, 1.54) is 0 Å². The second-order valence-electron chi connectivity index (χ2n) is 5.30. The number of carbonyl (C=O) groups excluding carboxylic acids is 1. The quantitative estimate of drug-likeness (QED) is 0.905. The Hall–Kier alpha value is -2.10. The molecule has 3 rings (SSSR count). The van der Waals surface area contributed by atoms with Crippen LogP contribution in [0.15, 0.2) is 36.5 Å². The van der Waals surface area contributed by atoms with Gasteiger partial charge in [-0.3, -0.25) is 4.79 Å². The first-order chi connectivity index (χ1) is 9.74. The van der Waals surface area contributed by atoms with E-state index >= 15 is 0 Å². The SMILES string of the molecule is Cc1nc(CCNC(=O)C2CC2)cn1-c1ccccc1. The van der Waals surface area contributed by atoms with Crippen molar-refractivity contribution in [3.63, 3.8) is 0 Å². The number of imidazole rings is 1. The molecule has 1 fully saturated rings. The minimum absolute atomic E-state index is 0.198. The number of aromatic nitrogens is 2. The molecule has 0 bridgehead atoms. The summed E-state index contributed by atoms with van der Waals surface area (Å²) in [5.41, 5.74) is 2.13. The zero-order valence-corrected chi connectivity index (χ0v) is 11.7. The zero-order chi connectivity index (χ0) is 13.9. The number of aryl methyl sites for hydroxylation is 1. The minimum atomic E-state index is 0.198. The highest BCUT2D eigenvalue weighted by atomic mass is 16.2. The fourth-order valence-corrected chi connectivity index (χ4v) is 2.31. The van der Waals surface area contributed by atoms with Crippen LogP contribution in [0.5, 0.6) is 0 Å². The first-order valence-electron chi connectivity index (χ1n) is 7.12. The first kappa shape index (κ1) is 12.9. The molecule has 1 aromatic heterocycles. The number of rotatable bonds is 5. The maximum atomic E-state index is 11.6. The number of carbonyl (C=O) groups is 1. The van der Waals surface area contributed by atoms with Gasteiger partial charge in [-0.1, -0.05) is 18.2 Å². The lowest BCUT2D eigenvalue weighted by atomic mass is 10.3. The summed E-state index contributed by atoms with van der Waals surface area (Å²) in [6, 6.07) is 10.2. The molecule has 20 heavy (non-hydrogen) atoms. The molecule has 104 valence electrons. The van der Waals surface area contributed by atoms with Crippen LogP contribution in [-0.2, 0) is 11.2 Å². The fraction of sp³-hybridized carbons (Fsp3) is 0.375. The lowest BCUT2D eigenvalue weighted by molar-refractivity contribution is -0.122. The molecular weight excluding hydrogens is 250 g/mol. The molecule has 1 heterocycles. The molecule has 1 saturated carbocycles. The molecule has 4 heteroatoms. The van der Waals surface area contributed by atoms with Gasteiger partial charge in [0, 0.05) is 30.8 Å². The third-order valence-electron chi connectivity index (χ3n) is 3.60. The lowest BCUT2D eigenvalue weighted by Gasteiger charge is -2.03. The zero-order valence-electron chi connectivity index (χ0n) is 11.7. The summed E-state index contributed by atoms with van der Waals surface area (Å²) in [4.78, 5) is 16.1. The normalized spacial score (nSPS) is 14.2. The van der Waals surface area contributed by atoms with Crippen molar-refractivity contribution in [3.8, 4) is 5.69 Å². The minimum Gasteiger partial charge on any atom is -0.355 e. The Kier molecular flexibility index (Phi) is 3.54. The number of para-hydroxylation sites is 1. The van der Waals surface area contributed by atoms with E-state index < -0.39 is 0 Å². The lowest BCUT2D eigenvalue weighted by Crippen LogP contribution is -2.26. The number of nitrogens with one attached hydrogen (secondary N) is 1. The Balaban J connectivity index is 1.62. The highest BCUT2D eigenvalue weighted by Crippen LogP contribution is 2.28. The van der Waals surface area contributed by atoms with Crippen molar-refractivity contribution in [2.24, 2.45) is 5.92 Å². The maximum absolute atomic E-state index is 11.6. The molecule has 4 nitrogen and oxygen atoms in total. The largest absolute Gasteiger partial charge is 0.355 e. The van der Waals surface area contributed by atoms with Crippen LogP contribution in [0.4, 0.5) is 0 Å². The Labute approximate surface area is 118 Å². The van der Waals surface area contributed by atoms with Gasteiger partial charge in [0.2, 0.25) is 5.91 Å². The topological polar surface area (TPSA) is 46.9 Å². The van der Waals surface area contributed by atoms with Gasteiger partial charge >= 0.3 is 0 Å². The van der Waals surface area contributed by atoms with Crippen LogP contribution in [0.25, 0.3) is 5.69 Å². The first-order valence-corrected chi connectivity index (χ1v) is 7.12. The monoisotopic (exact) mass is 269 g/mol. The molecule has 0 aliphatic heterocycles. The van der Waals surface area contributed by atoms with Gasteiger partial charge in [-0.2, -0.15) is 0 Å². The van der Waals surface area contributed by atoms with Gasteiger partial charge in [-0.25, -0.2) is 4.98 Å². The molecule has 0 radical (unpaired) electrons. The van der Waals surface area contributed by atoms with Gasteiger partial charge in [0.25, 0.3) is 0 Å². The number of nitrogens with zero attached hydrogens (tertiary/aromatic N) is 2. The van der Waals surface area contributed by atoms with Gasteiger partial charge in [0.15, 0.2) is 0 Å². The second-order valence-corrected chi connectivity index (χ2v) is 5.30. The summed E-state index contributed by atoms with van der Waals surface area (Å²) in [6.45, 7) is 2.67. The van der Waals surface area contributed by atoms with E-state index in [9.17, 15) is 4.79 Å². The van der Waals surface area contributed by atoms with E-state index in [0.717, 1.165) is 36.5 Å². The van der Waals surface area contributed by atoms with Crippen molar-refractivity contribution in [2.45, 2.75) is 26.2 Å². The third-order valence-corrected chi connectivity index (χ3v) is 3.60. The Morgan fingerprint density at radius 2 is 2.10 bits per heavy atom. The second kappa shape index (κ2) is 5.49. The number of benzene rings is 1. The van der Waals surface area contributed by atoms with Gasteiger partial charge in [-0.15, -0.1) is 0 Å². The summed E-state index contributed by atoms with van der Waals surface area (Å²) in [5, 5.41) is 2.97. The summed E-state index contributed by atoms with van der Waals surface area (Å²) >= 11 is 0. The van der Waals surface area contributed by atoms with Gasteiger partial charge in [-0.05, 0) is 31.9 Å². The summed E-state index contributed by atoms with van der Waals surface area (Å²) in [6.07, 6.45) is 4.92. The summed E-state index contributed by atoms with van der Waals surface area (Å²) in [7, 11) is 0. The molecule has 1 amide bonds. The van der Waals surface area contributed by atoms with Gasteiger partial charge in [0.1, 0.15) is 5.82 Å². The van der Waals surface area contributed by atoms with E-state index in [-0.39, 0.29) is 11.8 Å². The Bertz CT molecular complexity index is 599. The van der Waals surface area contributed by atoms with Crippen molar-refractivity contribution >= 4 is 5.91 Å². The molecule has 1 aromatic carbocycles. The van der Waals surface area contributed by atoms with Crippen molar-refractivity contribution in [1.29, 1.82) is 0 Å². The van der Waals surface area contributed by atoms with Crippen LogP contribution < -0.4 is 5.32 Å². The molecule has 0 saturated heterocycles. The van der Waals surface area contributed by atoms with Crippen LogP contribution in [-0.4, -0.2) is 22.0 Å². The number of hydrogen-bond acceptors (Lipinski definition) is 2. The highest BCUT2D eigenvalue weighted by Gasteiger charge is 2.29. The predicted molar refractivity (Wildman–Crippen MR) is 77.7 cm³/mol. The summed E-state index contributed by atoms with van der Waals surface area (Å²) < 4.78 is 2.08. The van der Waals surface area contributed by atoms with E-state index in [4.69, 9.17) is 0 Å². The number of hydrogen-bond donors (Lipinski definition) is 1.